The average Bonchev–Trinajstić information content (AvgIpc) is 3.32. The van der Waals surface area contributed by atoms with E-state index < -0.39 is 59.9 Å². The molecule has 0 unspecified atom stereocenters. The van der Waals surface area contributed by atoms with Crippen molar-refractivity contribution in [2.45, 2.75) is 51.5 Å². The van der Waals surface area contributed by atoms with E-state index >= 15 is 0 Å². The number of hydrogen-bond donors (Lipinski definition) is 6. The molecule has 0 saturated heterocycles. The predicted octanol–water partition coefficient (Wildman–Crippen LogP) is 3.12. The summed E-state index contributed by atoms with van der Waals surface area (Å²) < 4.78 is 41.7. The van der Waals surface area contributed by atoms with E-state index in [1.165, 1.54) is 18.2 Å². The van der Waals surface area contributed by atoms with Crippen molar-refractivity contribution < 1.29 is 57.2 Å². The van der Waals surface area contributed by atoms with E-state index in [1.807, 2.05) is 6.92 Å². The first kappa shape index (κ1) is 34.6. The Balaban J connectivity index is 0.00000106. The van der Waals surface area contributed by atoms with E-state index in [1.54, 1.807) is 6.07 Å². The zero-order valence-electron chi connectivity index (χ0n) is 21.8. The molecule has 1 heterocycles. The zero-order valence-corrected chi connectivity index (χ0v) is 22.6. The second-order valence-electron chi connectivity index (χ2n) is 8.59. The number of alkyl halides is 2. The van der Waals surface area contributed by atoms with Crippen LogP contribution >= 0.6 is 11.3 Å². The number of amides is 1. The van der Waals surface area contributed by atoms with Gasteiger partial charge in [0.2, 0.25) is 5.91 Å². The van der Waals surface area contributed by atoms with Crippen LogP contribution in [-0.4, -0.2) is 62.9 Å². The van der Waals surface area contributed by atoms with Crippen LogP contribution in [0.5, 0.6) is 5.75 Å². The summed E-state index contributed by atoms with van der Waals surface area (Å²) in [6.07, 6.45) is 0.471. The normalized spacial score (nSPS) is 12.2. The number of rotatable bonds is 13. The molecule has 41 heavy (non-hydrogen) atoms. The van der Waals surface area contributed by atoms with E-state index in [0.717, 1.165) is 17.4 Å². The monoisotopic (exact) mass is 603 g/mol. The van der Waals surface area contributed by atoms with Crippen LogP contribution in [0.1, 0.15) is 53.2 Å². The molecule has 2 atom stereocenters. The molecule has 0 aliphatic heterocycles. The van der Waals surface area contributed by atoms with Gasteiger partial charge < -0.3 is 31.1 Å². The zero-order chi connectivity index (χ0) is 31.5. The van der Waals surface area contributed by atoms with Crippen LogP contribution in [0.15, 0.2) is 30.3 Å². The largest absolute Gasteiger partial charge is 0.481 e. The minimum absolute atomic E-state index is 0.143. The summed E-state index contributed by atoms with van der Waals surface area (Å²) in [5.74, 6) is -12.0. The van der Waals surface area contributed by atoms with Gasteiger partial charge in [-0.05, 0) is 43.2 Å². The average molecular weight is 604 g/mol. The van der Waals surface area contributed by atoms with Crippen LogP contribution in [0.2, 0.25) is 0 Å². The number of nitrogens with one attached hydrogen (secondary N) is 2. The van der Waals surface area contributed by atoms with Gasteiger partial charge in [-0.3, -0.25) is 15.0 Å². The number of nitrogens with two attached hydrogens (primary N) is 1. The molecule has 1 aromatic carbocycles. The number of halogens is 3. The standard InChI is InChI=1S/C22H24FN3O7S.C3H4F2O2/c1-2-3-12(20(29)26-15(21(30)31)10-18(27)28)8-13-5-7-17(34-13)22(32)33-16-6-4-11(19(24)25)9-14(16)23;1-3(4,5)2(6)7/h4-7,9,12,15H,2-3,8,10H2,1H3,(H3,24,25)(H,26,29)(H,27,28)(H,30,31);1H3,(H,6,7)/t12-,15+;/m1./s1. The van der Waals surface area contributed by atoms with Crippen molar-refractivity contribution >= 4 is 47.0 Å². The summed E-state index contributed by atoms with van der Waals surface area (Å²) in [6, 6.07) is 5.04. The molecule has 0 saturated carbocycles. The van der Waals surface area contributed by atoms with Crippen LogP contribution in [0.4, 0.5) is 13.2 Å². The van der Waals surface area contributed by atoms with Gasteiger partial charge in [0.1, 0.15) is 16.8 Å². The summed E-state index contributed by atoms with van der Waals surface area (Å²) in [5, 5.41) is 35.1. The number of carbonyl (C=O) groups is 5. The number of carbonyl (C=O) groups excluding carboxylic acids is 2. The van der Waals surface area contributed by atoms with Gasteiger partial charge >= 0.3 is 29.8 Å². The highest BCUT2D eigenvalue weighted by Gasteiger charge is 2.31. The molecule has 0 bridgehead atoms. The number of ether oxygens (including phenoxy) is 1. The summed E-state index contributed by atoms with van der Waals surface area (Å²) in [4.78, 5) is 57.2. The Kier molecular flexibility index (Phi) is 12.9. The van der Waals surface area contributed by atoms with E-state index in [4.69, 9.17) is 31.2 Å². The predicted molar refractivity (Wildman–Crippen MR) is 139 cm³/mol. The Labute approximate surface area is 235 Å². The van der Waals surface area contributed by atoms with Crippen LogP contribution < -0.4 is 15.8 Å². The van der Waals surface area contributed by atoms with Crippen molar-refractivity contribution in [3.63, 3.8) is 0 Å². The van der Waals surface area contributed by atoms with Crippen molar-refractivity contribution in [3.8, 4) is 5.75 Å². The van der Waals surface area contributed by atoms with Crippen LogP contribution in [0.25, 0.3) is 0 Å². The lowest BCUT2D eigenvalue weighted by molar-refractivity contribution is -0.162. The van der Waals surface area contributed by atoms with Crippen LogP contribution in [0.3, 0.4) is 0 Å². The molecular weight excluding hydrogens is 575 g/mol. The molecule has 1 amide bonds. The van der Waals surface area contributed by atoms with Gasteiger partial charge in [0.05, 0.1) is 6.42 Å². The molecule has 0 spiro atoms. The van der Waals surface area contributed by atoms with E-state index in [9.17, 15) is 37.1 Å². The van der Waals surface area contributed by atoms with E-state index in [2.05, 4.69) is 5.32 Å². The van der Waals surface area contributed by atoms with Crippen LogP contribution in [0, 0.1) is 17.1 Å². The molecule has 0 aliphatic rings. The molecule has 2 rings (SSSR count). The van der Waals surface area contributed by atoms with Gasteiger partial charge in [-0.15, -0.1) is 11.3 Å². The summed E-state index contributed by atoms with van der Waals surface area (Å²) >= 11 is 1.04. The Hall–Kier alpha value is -4.47. The first-order valence-corrected chi connectivity index (χ1v) is 12.6. The number of nitrogen functional groups attached to an aromatic ring is 1. The fourth-order valence-corrected chi connectivity index (χ4v) is 4.04. The maximum absolute atomic E-state index is 14.1. The fraction of sp³-hybridized carbons (Fsp3) is 0.360. The highest BCUT2D eigenvalue weighted by Crippen LogP contribution is 2.25. The molecule has 0 aliphatic carbocycles. The molecule has 7 N–H and O–H groups in total. The molecular formula is C25H28F3N3O9S. The molecule has 16 heteroatoms. The number of amidine groups is 1. The second kappa shape index (κ2) is 15.4. The third kappa shape index (κ3) is 11.7. The Bertz CT molecular complexity index is 1290. The van der Waals surface area contributed by atoms with Crippen LogP contribution in [-0.2, 0) is 25.6 Å². The van der Waals surface area contributed by atoms with Gasteiger partial charge in [-0.25, -0.2) is 18.8 Å². The summed E-state index contributed by atoms with van der Waals surface area (Å²) in [6.45, 7) is 2.17. The van der Waals surface area contributed by atoms with Gasteiger partial charge in [-0.2, -0.15) is 8.78 Å². The number of carboxylic acids is 3. The number of thiophene rings is 1. The molecule has 224 valence electrons. The lowest BCUT2D eigenvalue weighted by Gasteiger charge is -2.18. The molecule has 1 aromatic heterocycles. The number of benzene rings is 1. The molecule has 0 fully saturated rings. The highest BCUT2D eigenvalue weighted by atomic mass is 32.1. The number of hydrogen-bond acceptors (Lipinski definition) is 8. The first-order chi connectivity index (χ1) is 19.0. The van der Waals surface area contributed by atoms with Gasteiger partial charge in [0, 0.05) is 23.3 Å². The maximum Gasteiger partial charge on any atom is 0.374 e. The smallest absolute Gasteiger partial charge is 0.374 e. The topological polar surface area (TPSA) is 217 Å². The van der Waals surface area contributed by atoms with Gasteiger partial charge in [0.15, 0.2) is 11.6 Å². The lowest BCUT2D eigenvalue weighted by atomic mass is 9.97. The second-order valence-corrected chi connectivity index (χ2v) is 9.76. The number of carboxylic acid groups (broad SMARTS) is 3. The fourth-order valence-electron chi connectivity index (χ4n) is 3.08. The maximum atomic E-state index is 14.1. The molecule has 2 aromatic rings. The third-order valence-corrected chi connectivity index (χ3v) is 6.22. The number of aliphatic carboxylic acids is 3. The Morgan fingerprint density at radius 3 is 2.20 bits per heavy atom. The summed E-state index contributed by atoms with van der Waals surface area (Å²) in [7, 11) is 0. The Morgan fingerprint density at radius 2 is 1.73 bits per heavy atom. The minimum Gasteiger partial charge on any atom is -0.481 e. The van der Waals surface area contributed by atoms with Gasteiger partial charge in [-0.1, -0.05) is 13.3 Å². The van der Waals surface area contributed by atoms with Crippen molar-refractivity contribution in [3.05, 3.63) is 51.5 Å². The summed E-state index contributed by atoms with van der Waals surface area (Å²) in [5.41, 5.74) is 5.44. The lowest BCUT2D eigenvalue weighted by Crippen LogP contribution is -2.45. The SMILES string of the molecule is CC(F)(F)C(=O)O.CCC[C@H](Cc1ccc(C(=O)Oc2ccc(C(=N)N)cc2F)s1)C(=O)N[C@@H](CC(=O)O)C(=O)O. The van der Waals surface area contributed by atoms with Crippen molar-refractivity contribution in [1.82, 2.24) is 5.32 Å². The van der Waals surface area contributed by atoms with Crippen molar-refractivity contribution in [2.24, 2.45) is 11.7 Å². The molecule has 0 radical (unpaired) electrons. The van der Waals surface area contributed by atoms with Crippen molar-refractivity contribution in [1.29, 1.82) is 5.41 Å². The quantitative estimate of drug-likeness (QED) is 0.0850. The number of esters is 1. The van der Waals surface area contributed by atoms with E-state index in [0.29, 0.717) is 24.6 Å². The minimum atomic E-state index is -3.58. The van der Waals surface area contributed by atoms with Crippen molar-refractivity contribution in [2.75, 3.05) is 0 Å². The first-order valence-electron chi connectivity index (χ1n) is 11.8. The Morgan fingerprint density at radius 1 is 1.12 bits per heavy atom. The van der Waals surface area contributed by atoms with Gasteiger partial charge in [0.25, 0.3) is 0 Å². The highest BCUT2D eigenvalue weighted by molar-refractivity contribution is 7.13. The third-order valence-electron chi connectivity index (χ3n) is 5.13. The molecule has 12 nitrogen and oxygen atoms in total. The van der Waals surface area contributed by atoms with E-state index in [-0.39, 0.29) is 28.4 Å².